The molecule has 1 aromatic rings. The minimum Gasteiger partial charge on any atom is -0.327 e. The second kappa shape index (κ2) is 3.02. The molecule has 0 bridgehead atoms. The predicted octanol–water partition coefficient (Wildman–Crippen LogP) is 2.81. The Hall–Kier alpha value is -0.620. The van der Waals surface area contributed by atoms with Crippen LogP contribution in [0.5, 0.6) is 0 Å². The van der Waals surface area contributed by atoms with Crippen LogP contribution in [-0.4, -0.2) is 9.97 Å². The van der Waals surface area contributed by atoms with Crippen molar-refractivity contribution < 1.29 is 13.2 Å². The summed E-state index contributed by atoms with van der Waals surface area (Å²) >= 11 is 9.73. The van der Waals surface area contributed by atoms with Crippen LogP contribution in [0.1, 0.15) is 5.82 Å². The van der Waals surface area contributed by atoms with E-state index in [9.17, 15) is 13.2 Å². The zero-order chi connectivity index (χ0) is 9.35. The van der Waals surface area contributed by atoms with Crippen molar-refractivity contribution in [2.24, 2.45) is 0 Å². The number of halogens is 4. The maximum absolute atomic E-state index is 11.9. The molecule has 0 radical (unpaired) electrons. The van der Waals surface area contributed by atoms with Crippen molar-refractivity contribution in [1.82, 2.24) is 9.97 Å². The standard InChI is InChI=1S/C5H2ClF3N2S/c6-2-1-3(12)11-4(10-2)5(7,8)9/h1H,(H,10,11,12). The summed E-state index contributed by atoms with van der Waals surface area (Å²) in [7, 11) is 0. The molecule has 0 saturated heterocycles. The van der Waals surface area contributed by atoms with Gasteiger partial charge in [0.25, 0.3) is 0 Å². The largest absolute Gasteiger partial charge is 0.449 e. The third-order valence-electron chi connectivity index (χ3n) is 0.979. The molecule has 0 aliphatic heterocycles. The average molecular weight is 215 g/mol. The van der Waals surface area contributed by atoms with Crippen molar-refractivity contribution in [2.45, 2.75) is 6.18 Å². The number of H-pyrrole nitrogens is 1. The van der Waals surface area contributed by atoms with Crippen molar-refractivity contribution in [3.8, 4) is 0 Å². The van der Waals surface area contributed by atoms with Crippen LogP contribution >= 0.6 is 23.8 Å². The van der Waals surface area contributed by atoms with Gasteiger partial charge in [-0.05, 0) is 0 Å². The molecule has 1 heterocycles. The lowest BCUT2D eigenvalue weighted by atomic mass is 10.5. The summed E-state index contributed by atoms with van der Waals surface area (Å²) < 4.78 is 35.7. The van der Waals surface area contributed by atoms with Gasteiger partial charge in [0.05, 0.1) is 0 Å². The van der Waals surface area contributed by atoms with Gasteiger partial charge in [-0.3, -0.25) is 0 Å². The molecule has 0 aliphatic rings. The van der Waals surface area contributed by atoms with E-state index in [1.54, 1.807) is 0 Å². The Morgan fingerprint density at radius 3 is 2.50 bits per heavy atom. The van der Waals surface area contributed by atoms with Gasteiger partial charge in [0.2, 0.25) is 5.82 Å². The van der Waals surface area contributed by atoms with Crippen molar-refractivity contribution in [1.29, 1.82) is 0 Å². The molecule has 0 atom stereocenters. The zero-order valence-corrected chi connectivity index (χ0v) is 7.02. The highest BCUT2D eigenvalue weighted by Gasteiger charge is 2.33. The third kappa shape index (κ3) is 2.18. The van der Waals surface area contributed by atoms with Crippen molar-refractivity contribution in [2.75, 3.05) is 0 Å². The highest BCUT2D eigenvalue weighted by molar-refractivity contribution is 7.71. The molecule has 1 aromatic heterocycles. The van der Waals surface area contributed by atoms with Crippen LogP contribution in [0.25, 0.3) is 0 Å². The normalized spacial score (nSPS) is 11.7. The van der Waals surface area contributed by atoms with Crippen molar-refractivity contribution in [3.63, 3.8) is 0 Å². The fourth-order valence-corrected chi connectivity index (χ4v) is 1.03. The van der Waals surface area contributed by atoms with Crippen LogP contribution in [0, 0.1) is 4.64 Å². The van der Waals surface area contributed by atoms with Gasteiger partial charge in [-0.25, -0.2) is 4.98 Å². The Labute approximate surface area is 75.4 Å². The number of hydrogen-bond donors (Lipinski definition) is 1. The quantitative estimate of drug-likeness (QED) is 0.531. The highest BCUT2D eigenvalue weighted by Crippen LogP contribution is 2.26. The first-order chi connectivity index (χ1) is 5.39. The number of rotatable bonds is 0. The summed E-state index contributed by atoms with van der Waals surface area (Å²) in [6.07, 6.45) is -4.54. The summed E-state index contributed by atoms with van der Waals surface area (Å²) in [6, 6.07) is 1.13. The average Bonchev–Trinajstić information content (AvgIpc) is 1.82. The summed E-state index contributed by atoms with van der Waals surface area (Å²) in [5, 5.41) is -0.178. The molecule has 66 valence electrons. The van der Waals surface area contributed by atoms with E-state index in [0.29, 0.717) is 0 Å². The van der Waals surface area contributed by atoms with Gasteiger partial charge < -0.3 is 4.98 Å². The SMILES string of the molecule is FC(F)(F)c1nc(=S)cc(Cl)[nH]1. The molecule has 0 aromatic carbocycles. The molecule has 0 amide bonds. The van der Waals surface area contributed by atoms with E-state index in [-0.39, 0.29) is 9.79 Å². The number of nitrogens with zero attached hydrogens (tertiary/aromatic N) is 1. The molecule has 2 nitrogen and oxygen atoms in total. The number of alkyl halides is 3. The summed E-state index contributed by atoms with van der Waals surface area (Å²) in [5.74, 6) is -1.18. The second-order valence-corrected chi connectivity index (χ2v) is 2.74. The number of hydrogen-bond acceptors (Lipinski definition) is 2. The Bertz CT molecular complexity index is 345. The molecule has 1 N–H and O–H groups in total. The minimum atomic E-state index is -4.54. The van der Waals surface area contributed by atoms with Crippen LogP contribution < -0.4 is 0 Å². The van der Waals surface area contributed by atoms with E-state index in [1.165, 1.54) is 0 Å². The maximum Gasteiger partial charge on any atom is 0.449 e. The lowest BCUT2D eigenvalue weighted by molar-refractivity contribution is -0.145. The van der Waals surface area contributed by atoms with Crippen LogP contribution in [-0.2, 0) is 6.18 Å². The Balaban J connectivity index is 3.27. The lowest BCUT2D eigenvalue weighted by Crippen LogP contribution is -2.10. The lowest BCUT2D eigenvalue weighted by Gasteiger charge is -2.04. The smallest absolute Gasteiger partial charge is 0.327 e. The van der Waals surface area contributed by atoms with Gasteiger partial charge in [-0.15, -0.1) is 0 Å². The molecular weight excluding hydrogens is 213 g/mol. The summed E-state index contributed by atoms with van der Waals surface area (Å²) in [4.78, 5) is 4.91. The fraction of sp³-hybridized carbons (Fsp3) is 0.200. The molecule has 0 saturated carbocycles. The number of aromatic nitrogens is 2. The van der Waals surface area contributed by atoms with E-state index >= 15 is 0 Å². The minimum absolute atomic E-state index is 0.178. The van der Waals surface area contributed by atoms with Crippen molar-refractivity contribution in [3.05, 3.63) is 21.7 Å². The summed E-state index contributed by atoms with van der Waals surface area (Å²) in [5.41, 5.74) is 0. The van der Waals surface area contributed by atoms with Gasteiger partial charge in [-0.2, -0.15) is 13.2 Å². The van der Waals surface area contributed by atoms with E-state index in [0.717, 1.165) is 6.07 Å². The van der Waals surface area contributed by atoms with Crippen molar-refractivity contribution >= 4 is 23.8 Å². The van der Waals surface area contributed by atoms with Crippen LogP contribution in [0.4, 0.5) is 13.2 Å². The van der Waals surface area contributed by atoms with E-state index in [2.05, 4.69) is 17.2 Å². The van der Waals surface area contributed by atoms with Gasteiger partial charge in [-0.1, -0.05) is 23.8 Å². The van der Waals surface area contributed by atoms with Gasteiger partial charge >= 0.3 is 6.18 Å². The molecule has 0 fully saturated rings. The van der Waals surface area contributed by atoms with E-state index in [4.69, 9.17) is 11.6 Å². The summed E-state index contributed by atoms with van der Waals surface area (Å²) in [6.45, 7) is 0. The predicted molar refractivity (Wildman–Crippen MR) is 39.4 cm³/mol. The maximum atomic E-state index is 11.9. The first-order valence-electron chi connectivity index (χ1n) is 2.73. The van der Waals surface area contributed by atoms with E-state index in [1.807, 2.05) is 4.98 Å². The second-order valence-electron chi connectivity index (χ2n) is 1.91. The van der Waals surface area contributed by atoms with Gasteiger partial charge in [0, 0.05) is 6.07 Å². The fourth-order valence-electron chi connectivity index (χ4n) is 0.562. The van der Waals surface area contributed by atoms with Crippen LogP contribution in [0.3, 0.4) is 0 Å². The topological polar surface area (TPSA) is 28.7 Å². The molecule has 7 heteroatoms. The first-order valence-corrected chi connectivity index (χ1v) is 3.52. The monoisotopic (exact) mass is 214 g/mol. The van der Waals surface area contributed by atoms with E-state index < -0.39 is 12.0 Å². The third-order valence-corrected chi connectivity index (χ3v) is 1.39. The Morgan fingerprint density at radius 2 is 2.08 bits per heavy atom. The Kier molecular flexibility index (Phi) is 2.39. The zero-order valence-electron chi connectivity index (χ0n) is 5.44. The number of aromatic amines is 1. The number of nitrogens with one attached hydrogen (secondary N) is 1. The highest BCUT2D eigenvalue weighted by atomic mass is 35.5. The molecule has 1 rings (SSSR count). The molecular formula is C5H2ClF3N2S. The molecule has 0 spiro atoms. The molecule has 0 unspecified atom stereocenters. The Morgan fingerprint density at radius 1 is 1.50 bits per heavy atom. The van der Waals surface area contributed by atoms with Crippen LogP contribution in [0.2, 0.25) is 5.15 Å². The van der Waals surface area contributed by atoms with Gasteiger partial charge in [0.1, 0.15) is 9.79 Å². The molecule has 0 aliphatic carbocycles. The van der Waals surface area contributed by atoms with Crippen LogP contribution in [0.15, 0.2) is 6.07 Å². The first kappa shape index (κ1) is 9.47. The van der Waals surface area contributed by atoms with Gasteiger partial charge in [0.15, 0.2) is 0 Å². The molecule has 12 heavy (non-hydrogen) atoms.